The first-order chi connectivity index (χ1) is 23.8. The summed E-state index contributed by atoms with van der Waals surface area (Å²) in [7, 11) is 1.56. The Morgan fingerprint density at radius 2 is 1.82 bits per heavy atom. The van der Waals surface area contributed by atoms with Crippen LogP contribution < -0.4 is 31.2 Å². The number of ether oxygens (including phenoxy) is 2. The van der Waals surface area contributed by atoms with Crippen LogP contribution in [0.5, 0.6) is 11.5 Å². The highest BCUT2D eigenvalue weighted by Gasteiger charge is 2.32. The van der Waals surface area contributed by atoms with Crippen LogP contribution in [0.3, 0.4) is 0 Å². The number of aromatic nitrogens is 2. The van der Waals surface area contributed by atoms with Crippen molar-refractivity contribution in [1.29, 1.82) is 0 Å². The van der Waals surface area contributed by atoms with Crippen molar-refractivity contribution in [2.24, 2.45) is 0 Å². The van der Waals surface area contributed by atoms with E-state index in [0.29, 0.717) is 52.4 Å². The number of rotatable bonds is 10. The van der Waals surface area contributed by atoms with Gasteiger partial charge in [0, 0.05) is 48.9 Å². The summed E-state index contributed by atoms with van der Waals surface area (Å²) in [6.07, 6.45) is -2.27. The van der Waals surface area contributed by atoms with Crippen LogP contribution in [-0.2, 0) is 22.3 Å². The van der Waals surface area contributed by atoms with E-state index >= 15 is 0 Å². The summed E-state index contributed by atoms with van der Waals surface area (Å²) in [4.78, 5) is 35.2. The van der Waals surface area contributed by atoms with E-state index in [-0.39, 0.29) is 23.6 Å². The van der Waals surface area contributed by atoms with E-state index in [2.05, 4.69) is 36.9 Å². The summed E-state index contributed by atoms with van der Waals surface area (Å²) >= 11 is 0. The summed E-state index contributed by atoms with van der Waals surface area (Å²) in [5.74, 6) is 1.43. The number of nitrogens with two attached hydrogens (primary N) is 1. The molecule has 3 heterocycles. The number of hydrogen-bond acceptors (Lipinski definition) is 10. The molecule has 2 fully saturated rings. The number of alkyl halides is 3. The van der Waals surface area contributed by atoms with E-state index in [1.807, 2.05) is 24.3 Å². The number of likely N-dealkylation sites (tertiary alicyclic amines) is 1. The van der Waals surface area contributed by atoms with Gasteiger partial charge < -0.3 is 25.8 Å². The molecule has 3 aromatic carbocycles. The fourth-order valence-electron chi connectivity index (χ4n) is 6.41. The Labute approximate surface area is 287 Å². The van der Waals surface area contributed by atoms with Gasteiger partial charge in [-0.05, 0) is 80.6 Å². The van der Waals surface area contributed by atoms with Crippen LogP contribution >= 0.6 is 0 Å². The minimum Gasteiger partial charge on any atom is -0.493 e. The van der Waals surface area contributed by atoms with Crippen molar-refractivity contribution < 1.29 is 32.2 Å². The molecular formula is C36H40F3N7O4. The van der Waals surface area contributed by atoms with Gasteiger partial charge >= 0.3 is 6.18 Å². The smallest absolute Gasteiger partial charge is 0.416 e. The van der Waals surface area contributed by atoms with Crippen LogP contribution in [0, 0.1) is 6.92 Å². The maximum atomic E-state index is 13.5. The standard InChI is InChI=1S/C36H40F3N7O4/c1-20(23-14-24(36(37,38)39)16-25(40)15-23)41-34-28-17-32(31(49-3)18-30(28)42-21(2)43-34)50-27-9-11-46(12-10-27)19-22-5-4-6-26(13-22)44-29-7-8-33(47)45-35(29)48/h4-6,13-18,20,27,29,44H,7-12,19,40H2,1-3H3,(H,41,42,43)(H,45,47,48)/t20-,29?/m1/s1. The molecule has 4 aromatic rings. The number of nitrogens with one attached hydrogen (secondary N) is 3. The Bertz CT molecular complexity index is 1900. The van der Waals surface area contributed by atoms with Gasteiger partial charge in [0.25, 0.3) is 0 Å². The molecule has 0 bridgehead atoms. The van der Waals surface area contributed by atoms with Crippen molar-refractivity contribution in [2.45, 2.75) is 70.4 Å². The van der Waals surface area contributed by atoms with Crippen LogP contribution in [0.15, 0.2) is 54.6 Å². The molecule has 14 heteroatoms. The second-order valence-corrected chi connectivity index (χ2v) is 12.8. The highest BCUT2D eigenvalue weighted by Crippen LogP contribution is 2.38. The number of amides is 2. The molecule has 0 spiro atoms. The lowest BCUT2D eigenvalue weighted by atomic mass is 10.0. The van der Waals surface area contributed by atoms with Crippen LogP contribution in [-0.4, -0.2) is 59.0 Å². The maximum absolute atomic E-state index is 13.5. The number of halogens is 3. The second-order valence-electron chi connectivity index (χ2n) is 12.8. The molecular weight excluding hydrogens is 651 g/mol. The Balaban J connectivity index is 1.12. The molecule has 1 aromatic heterocycles. The number of nitrogen functional groups attached to an aromatic ring is 1. The minimum atomic E-state index is -4.52. The van der Waals surface area contributed by atoms with Gasteiger partial charge in [-0.1, -0.05) is 12.1 Å². The number of aryl methyl sites for hydroxylation is 1. The molecule has 2 amide bonds. The predicted octanol–water partition coefficient (Wildman–Crippen LogP) is 5.98. The van der Waals surface area contributed by atoms with Crippen molar-refractivity contribution in [2.75, 3.05) is 36.6 Å². The van der Waals surface area contributed by atoms with Gasteiger partial charge in [0.15, 0.2) is 11.5 Å². The number of carbonyl (C=O) groups is 2. The third-order valence-corrected chi connectivity index (χ3v) is 8.99. The molecule has 0 aliphatic carbocycles. The normalized spacial score (nSPS) is 18.1. The van der Waals surface area contributed by atoms with Crippen LogP contribution in [0.2, 0.25) is 0 Å². The topological polar surface area (TPSA) is 144 Å². The first-order valence-electron chi connectivity index (χ1n) is 16.5. The Kier molecular flexibility index (Phi) is 10.0. The quantitative estimate of drug-likeness (QED) is 0.116. The van der Waals surface area contributed by atoms with Gasteiger partial charge in [-0.25, -0.2) is 9.97 Å². The number of imide groups is 1. The van der Waals surface area contributed by atoms with E-state index in [4.69, 9.17) is 15.2 Å². The van der Waals surface area contributed by atoms with Crippen molar-refractivity contribution in [3.63, 3.8) is 0 Å². The number of carbonyl (C=O) groups excluding carboxylic acids is 2. The number of benzene rings is 3. The number of piperidine rings is 2. The van der Waals surface area contributed by atoms with Gasteiger partial charge in [0.1, 0.15) is 23.8 Å². The zero-order valence-corrected chi connectivity index (χ0v) is 28.1. The molecule has 1 unspecified atom stereocenters. The lowest BCUT2D eigenvalue weighted by Gasteiger charge is -2.32. The van der Waals surface area contributed by atoms with Crippen molar-refractivity contribution in [3.05, 3.63) is 77.1 Å². The largest absolute Gasteiger partial charge is 0.493 e. The number of anilines is 3. The highest BCUT2D eigenvalue weighted by molar-refractivity contribution is 6.01. The van der Waals surface area contributed by atoms with Crippen molar-refractivity contribution in [3.8, 4) is 11.5 Å². The number of fused-ring (bicyclic) bond motifs is 1. The van der Waals surface area contributed by atoms with E-state index < -0.39 is 23.8 Å². The fourth-order valence-corrected chi connectivity index (χ4v) is 6.41. The summed E-state index contributed by atoms with van der Waals surface area (Å²) in [6, 6.07) is 14.1. The molecule has 5 N–H and O–H groups in total. The van der Waals surface area contributed by atoms with Gasteiger partial charge in [-0.2, -0.15) is 13.2 Å². The maximum Gasteiger partial charge on any atom is 0.416 e. The van der Waals surface area contributed by atoms with Gasteiger partial charge in [0.2, 0.25) is 11.8 Å². The van der Waals surface area contributed by atoms with E-state index in [0.717, 1.165) is 55.9 Å². The van der Waals surface area contributed by atoms with Crippen LogP contribution in [0.4, 0.5) is 30.4 Å². The van der Waals surface area contributed by atoms with E-state index in [9.17, 15) is 22.8 Å². The molecule has 264 valence electrons. The molecule has 2 aliphatic heterocycles. The third kappa shape index (κ3) is 8.19. The number of nitrogens with zero attached hydrogens (tertiary/aromatic N) is 3. The zero-order valence-electron chi connectivity index (χ0n) is 28.1. The predicted molar refractivity (Wildman–Crippen MR) is 184 cm³/mol. The monoisotopic (exact) mass is 691 g/mol. The minimum absolute atomic E-state index is 0.0222. The average Bonchev–Trinajstić information content (AvgIpc) is 3.06. The summed E-state index contributed by atoms with van der Waals surface area (Å²) in [6.45, 7) is 5.83. The third-order valence-electron chi connectivity index (χ3n) is 8.99. The molecule has 0 radical (unpaired) electrons. The number of methoxy groups -OCH3 is 1. The van der Waals surface area contributed by atoms with E-state index in [1.165, 1.54) is 6.07 Å². The lowest BCUT2D eigenvalue weighted by molar-refractivity contribution is -0.137. The zero-order chi connectivity index (χ0) is 35.6. The second kappa shape index (κ2) is 14.4. The molecule has 50 heavy (non-hydrogen) atoms. The molecule has 0 saturated carbocycles. The summed E-state index contributed by atoms with van der Waals surface area (Å²) < 4.78 is 52.6. The molecule has 6 rings (SSSR count). The van der Waals surface area contributed by atoms with Crippen LogP contribution in [0.25, 0.3) is 10.9 Å². The molecule has 2 atom stereocenters. The Morgan fingerprint density at radius 1 is 1.04 bits per heavy atom. The summed E-state index contributed by atoms with van der Waals surface area (Å²) in [5.41, 5.74) is 7.95. The van der Waals surface area contributed by atoms with Crippen LogP contribution in [0.1, 0.15) is 61.2 Å². The fraction of sp³-hybridized carbons (Fsp3) is 0.389. The van der Waals surface area contributed by atoms with Crippen molar-refractivity contribution >= 4 is 39.9 Å². The SMILES string of the molecule is COc1cc2nc(C)nc(N[C@H](C)c3cc(N)cc(C(F)(F)F)c3)c2cc1OC1CCN(Cc2cccc(NC3CCC(=O)NC3=O)c2)CC1. The van der Waals surface area contributed by atoms with Gasteiger partial charge in [0.05, 0.1) is 24.2 Å². The Hall–Kier alpha value is -5.11. The first kappa shape index (κ1) is 34.7. The number of hydrogen-bond donors (Lipinski definition) is 4. The van der Waals surface area contributed by atoms with Crippen molar-refractivity contribution in [1.82, 2.24) is 20.2 Å². The van der Waals surface area contributed by atoms with E-state index in [1.54, 1.807) is 27.0 Å². The first-order valence-corrected chi connectivity index (χ1v) is 16.5. The summed E-state index contributed by atoms with van der Waals surface area (Å²) in [5, 5.41) is 9.53. The Morgan fingerprint density at radius 3 is 2.54 bits per heavy atom. The molecule has 2 aliphatic rings. The highest BCUT2D eigenvalue weighted by atomic mass is 19.4. The lowest BCUT2D eigenvalue weighted by Crippen LogP contribution is -2.47. The molecule has 2 saturated heterocycles. The van der Waals surface area contributed by atoms with Gasteiger partial charge in [-0.15, -0.1) is 0 Å². The van der Waals surface area contributed by atoms with Gasteiger partial charge in [-0.3, -0.25) is 19.8 Å². The molecule has 11 nitrogen and oxygen atoms in total. The average molecular weight is 692 g/mol.